The van der Waals surface area contributed by atoms with E-state index in [9.17, 15) is 0 Å². The Kier molecular flexibility index (Phi) is 2.64. The summed E-state index contributed by atoms with van der Waals surface area (Å²) in [5.74, 6) is 0.952. The summed E-state index contributed by atoms with van der Waals surface area (Å²) in [7, 11) is 0. The topological polar surface area (TPSA) is 45.4 Å². The number of rotatable bonds is 1. The van der Waals surface area contributed by atoms with Gasteiger partial charge in [-0.3, -0.25) is 4.90 Å². The molecule has 5 rings (SSSR count). The van der Waals surface area contributed by atoms with Gasteiger partial charge in [-0.15, -0.1) is 0 Å². The maximum absolute atomic E-state index is 6.07. The van der Waals surface area contributed by atoms with Gasteiger partial charge in [-0.25, -0.2) is 9.97 Å². The Morgan fingerprint density at radius 1 is 1.09 bits per heavy atom. The molecule has 2 saturated heterocycles. The lowest BCUT2D eigenvalue weighted by molar-refractivity contribution is 0.230. The molecule has 1 aromatic carbocycles. The summed E-state index contributed by atoms with van der Waals surface area (Å²) < 4.78 is 6.07. The van der Waals surface area contributed by atoms with Crippen molar-refractivity contribution < 1.29 is 4.42 Å². The molecule has 2 aromatic heterocycles. The molecule has 0 radical (unpaired) electrons. The highest BCUT2D eigenvalue weighted by Gasteiger charge is 2.32. The first kappa shape index (κ1) is 12.4. The fraction of sp³-hybridized carbons (Fsp3) is 0.412. The SMILES string of the molecule is c1ccc2c(c1)oc1c(N3CCN4CCC[C@H]4C3)ncnc12. The van der Waals surface area contributed by atoms with Crippen LogP contribution in [0, 0.1) is 0 Å². The molecule has 2 aliphatic heterocycles. The summed E-state index contributed by atoms with van der Waals surface area (Å²) in [4.78, 5) is 14.0. The van der Waals surface area contributed by atoms with Crippen molar-refractivity contribution in [3.05, 3.63) is 30.6 Å². The molecule has 0 amide bonds. The van der Waals surface area contributed by atoms with Crippen LogP contribution in [0.3, 0.4) is 0 Å². The van der Waals surface area contributed by atoms with E-state index in [1.807, 2.05) is 18.2 Å². The lowest BCUT2D eigenvalue weighted by Gasteiger charge is -2.37. The van der Waals surface area contributed by atoms with Gasteiger partial charge in [-0.05, 0) is 31.5 Å². The Hall–Kier alpha value is -2.14. The summed E-state index contributed by atoms with van der Waals surface area (Å²) in [6.07, 6.45) is 4.29. The number of hydrogen-bond acceptors (Lipinski definition) is 5. The van der Waals surface area contributed by atoms with E-state index in [0.717, 1.165) is 47.5 Å². The van der Waals surface area contributed by atoms with Crippen molar-refractivity contribution in [2.75, 3.05) is 31.1 Å². The van der Waals surface area contributed by atoms with E-state index in [1.54, 1.807) is 6.33 Å². The average Bonchev–Trinajstić information content (AvgIpc) is 3.18. The standard InChI is InChI=1S/C17H18N4O/c1-2-6-14-13(5-1)15-16(22-14)17(19-11-18-15)21-9-8-20-7-3-4-12(20)10-21/h1-2,5-6,11-12H,3-4,7-10H2/t12-/m0/s1. The minimum absolute atomic E-state index is 0.670. The normalized spacial score (nSPS) is 22.5. The third-order valence-corrected chi connectivity index (χ3v) is 5.03. The van der Waals surface area contributed by atoms with Crippen LogP contribution in [0.4, 0.5) is 5.82 Å². The molecule has 3 aromatic rings. The van der Waals surface area contributed by atoms with Crippen molar-refractivity contribution in [2.24, 2.45) is 0 Å². The fourth-order valence-electron chi connectivity index (χ4n) is 3.92. The van der Waals surface area contributed by atoms with Gasteiger partial charge < -0.3 is 9.32 Å². The van der Waals surface area contributed by atoms with Crippen molar-refractivity contribution in [1.82, 2.24) is 14.9 Å². The van der Waals surface area contributed by atoms with E-state index < -0.39 is 0 Å². The lowest BCUT2D eigenvalue weighted by atomic mass is 10.1. The first-order valence-electron chi connectivity index (χ1n) is 8.01. The maximum Gasteiger partial charge on any atom is 0.196 e. The van der Waals surface area contributed by atoms with E-state index in [2.05, 4.69) is 25.8 Å². The number of hydrogen-bond donors (Lipinski definition) is 0. The number of furan rings is 1. The van der Waals surface area contributed by atoms with Crippen molar-refractivity contribution in [2.45, 2.75) is 18.9 Å². The van der Waals surface area contributed by atoms with Gasteiger partial charge in [0.1, 0.15) is 17.4 Å². The molecule has 0 unspecified atom stereocenters. The Morgan fingerprint density at radius 3 is 3.05 bits per heavy atom. The van der Waals surface area contributed by atoms with Crippen LogP contribution in [0.25, 0.3) is 22.1 Å². The zero-order valence-electron chi connectivity index (χ0n) is 12.4. The molecular formula is C17H18N4O. The predicted octanol–water partition coefficient (Wildman–Crippen LogP) is 2.66. The number of nitrogens with zero attached hydrogens (tertiary/aromatic N) is 4. The Balaban J connectivity index is 1.62. The molecule has 112 valence electrons. The second kappa shape index (κ2) is 4.68. The van der Waals surface area contributed by atoms with E-state index >= 15 is 0 Å². The molecule has 0 saturated carbocycles. The lowest BCUT2D eigenvalue weighted by Crippen LogP contribution is -2.50. The highest BCUT2D eigenvalue weighted by atomic mass is 16.3. The molecule has 5 nitrogen and oxygen atoms in total. The Labute approximate surface area is 128 Å². The van der Waals surface area contributed by atoms with Crippen LogP contribution in [-0.2, 0) is 0 Å². The quantitative estimate of drug-likeness (QED) is 0.690. The van der Waals surface area contributed by atoms with Crippen LogP contribution in [0.5, 0.6) is 0 Å². The van der Waals surface area contributed by atoms with Gasteiger partial charge in [0.2, 0.25) is 0 Å². The summed E-state index contributed by atoms with van der Waals surface area (Å²) in [6.45, 7) is 4.43. The number of anilines is 1. The maximum atomic E-state index is 6.07. The molecule has 0 spiro atoms. The van der Waals surface area contributed by atoms with E-state index in [-0.39, 0.29) is 0 Å². The zero-order valence-corrected chi connectivity index (χ0v) is 12.4. The summed E-state index contributed by atoms with van der Waals surface area (Å²) in [6, 6.07) is 8.75. The van der Waals surface area contributed by atoms with Gasteiger partial charge in [0, 0.05) is 31.1 Å². The van der Waals surface area contributed by atoms with Gasteiger partial charge in [-0.2, -0.15) is 0 Å². The third-order valence-electron chi connectivity index (χ3n) is 5.03. The zero-order chi connectivity index (χ0) is 14.5. The number of fused-ring (bicyclic) bond motifs is 4. The smallest absolute Gasteiger partial charge is 0.196 e. The molecule has 1 atom stereocenters. The van der Waals surface area contributed by atoms with Crippen LogP contribution in [0.15, 0.2) is 35.0 Å². The van der Waals surface area contributed by atoms with Crippen LogP contribution in [0.1, 0.15) is 12.8 Å². The number of benzene rings is 1. The van der Waals surface area contributed by atoms with E-state index in [1.165, 1.54) is 19.4 Å². The molecule has 0 aliphatic carbocycles. The summed E-state index contributed by atoms with van der Waals surface area (Å²) in [5.41, 5.74) is 2.64. The number of para-hydroxylation sites is 1. The molecule has 2 aliphatic rings. The summed E-state index contributed by atoms with van der Waals surface area (Å²) >= 11 is 0. The largest absolute Gasteiger partial charge is 0.450 e. The third kappa shape index (κ3) is 1.75. The highest BCUT2D eigenvalue weighted by molar-refractivity contribution is 6.05. The van der Waals surface area contributed by atoms with Crippen LogP contribution < -0.4 is 4.90 Å². The van der Waals surface area contributed by atoms with Crippen LogP contribution in [-0.4, -0.2) is 47.1 Å². The molecule has 0 N–H and O–H groups in total. The number of piperazine rings is 1. The van der Waals surface area contributed by atoms with Gasteiger partial charge in [0.15, 0.2) is 11.4 Å². The first-order chi connectivity index (χ1) is 10.9. The average molecular weight is 294 g/mol. The first-order valence-corrected chi connectivity index (χ1v) is 8.01. The van der Waals surface area contributed by atoms with Crippen LogP contribution in [0.2, 0.25) is 0 Å². The van der Waals surface area contributed by atoms with Gasteiger partial charge >= 0.3 is 0 Å². The second-order valence-electron chi connectivity index (χ2n) is 6.25. The summed E-state index contributed by atoms with van der Waals surface area (Å²) in [5, 5.41) is 1.07. The second-order valence-corrected chi connectivity index (χ2v) is 6.25. The van der Waals surface area contributed by atoms with Crippen molar-refractivity contribution >= 4 is 27.9 Å². The highest BCUT2D eigenvalue weighted by Crippen LogP contribution is 2.33. The molecule has 4 heterocycles. The predicted molar refractivity (Wildman–Crippen MR) is 86.1 cm³/mol. The molecule has 2 fully saturated rings. The molecular weight excluding hydrogens is 276 g/mol. The minimum Gasteiger partial charge on any atom is -0.450 e. The molecule has 0 bridgehead atoms. The Morgan fingerprint density at radius 2 is 2.05 bits per heavy atom. The monoisotopic (exact) mass is 294 g/mol. The van der Waals surface area contributed by atoms with Crippen LogP contribution >= 0.6 is 0 Å². The van der Waals surface area contributed by atoms with Crippen molar-refractivity contribution in [3.63, 3.8) is 0 Å². The van der Waals surface area contributed by atoms with E-state index in [0.29, 0.717) is 6.04 Å². The van der Waals surface area contributed by atoms with Crippen molar-refractivity contribution in [1.29, 1.82) is 0 Å². The van der Waals surface area contributed by atoms with Gasteiger partial charge in [-0.1, -0.05) is 12.1 Å². The molecule has 5 heteroatoms. The van der Waals surface area contributed by atoms with Gasteiger partial charge in [0.05, 0.1) is 0 Å². The number of aromatic nitrogens is 2. The van der Waals surface area contributed by atoms with Gasteiger partial charge in [0.25, 0.3) is 0 Å². The fourth-order valence-corrected chi connectivity index (χ4v) is 3.92. The minimum atomic E-state index is 0.670. The Bertz CT molecular complexity index is 843. The molecule has 22 heavy (non-hydrogen) atoms. The van der Waals surface area contributed by atoms with Crippen molar-refractivity contribution in [3.8, 4) is 0 Å². The van der Waals surface area contributed by atoms with E-state index in [4.69, 9.17) is 4.42 Å².